The number of nitrogens with one attached hydrogen (secondary N) is 1. The third-order valence-electron chi connectivity index (χ3n) is 6.04. The van der Waals surface area contributed by atoms with Crippen molar-refractivity contribution in [2.24, 2.45) is 16.6 Å². The lowest BCUT2D eigenvalue weighted by molar-refractivity contribution is -0.0832. The van der Waals surface area contributed by atoms with Crippen LogP contribution in [0.2, 0.25) is 0 Å². The highest BCUT2D eigenvalue weighted by Crippen LogP contribution is 2.38. The van der Waals surface area contributed by atoms with E-state index in [4.69, 9.17) is 15.2 Å². The van der Waals surface area contributed by atoms with Crippen LogP contribution in [0, 0.1) is 11.7 Å². The van der Waals surface area contributed by atoms with Crippen LogP contribution in [-0.4, -0.2) is 47.5 Å². The van der Waals surface area contributed by atoms with Gasteiger partial charge in [-0.1, -0.05) is 6.92 Å². The molecule has 1 fully saturated rings. The molecular formula is C25H25FN6O2S. The van der Waals surface area contributed by atoms with Crippen molar-refractivity contribution in [1.29, 1.82) is 0 Å². The van der Waals surface area contributed by atoms with Crippen molar-refractivity contribution in [2.75, 3.05) is 25.6 Å². The highest BCUT2D eigenvalue weighted by Gasteiger charge is 2.30. The monoisotopic (exact) mass is 492 g/mol. The molecule has 0 radical (unpaired) electrons. The number of aromatic nitrogens is 3. The zero-order valence-electron chi connectivity index (χ0n) is 19.4. The van der Waals surface area contributed by atoms with Gasteiger partial charge in [-0.25, -0.2) is 19.3 Å². The Morgan fingerprint density at radius 2 is 2.17 bits per heavy atom. The number of ether oxygens (including phenoxy) is 2. The van der Waals surface area contributed by atoms with Crippen LogP contribution in [0.3, 0.4) is 0 Å². The fraction of sp³-hybridized carbons (Fsp3) is 0.280. The van der Waals surface area contributed by atoms with E-state index in [0.29, 0.717) is 57.5 Å². The standard InChI is InChI=1S/C25H25FN6O2S/c1-3-20(16-10-33-11-16)34-21-7-14(15(8-27)9-28-2)6-19-22(21)25(30-12-29-19)32-17-4-5-18-24(23(17)26)35-13-31-18/h4-9,12-13,16,20H,3,10-11,27H2,1-2H3,(H,29,30,32)/b15-8+,28-9?. The van der Waals surface area contributed by atoms with Crippen LogP contribution in [0.15, 0.2) is 47.3 Å². The minimum atomic E-state index is -0.374. The van der Waals surface area contributed by atoms with Gasteiger partial charge in [0.15, 0.2) is 5.82 Å². The van der Waals surface area contributed by atoms with E-state index in [1.165, 1.54) is 23.9 Å². The lowest BCUT2D eigenvalue weighted by atomic mass is 9.98. The zero-order valence-corrected chi connectivity index (χ0v) is 20.2. The number of hydrogen-bond donors (Lipinski definition) is 2. The predicted octanol–water partition coefficient (Wildman–Crippen LogP) is 4.93. The van der Waals surface area contributed by atoms with Crippen LogP contribution in [0.25, 0.3) is 26.7 Å². The molecule has 2 aromatic heterocycles. The molecule has 35 heavy (non-hydrogen) atoms. The summed E-state index contributed by atoms with van der Waals surface area (Å²) in [4.78, 5) is 17.2. The van der Waals surface area contributed by atoms with Crippen molar-refractivity contribution in [3.05, 3.63) is 53.7 Å². The van der Waals surface area contributed by atoms with Gasteiger partial charge in [-0.05, 0) is 36.2 Å². The summed E-state index contributed by atoms with van der Waals surface area (Å²) in [5, 5.41) is 3.81. The third kappa shape index (κ3) is 4.42. The Morgan fingerprint density at radius 1 is 1.31 bits per heavy atom. The second-order valence-corrected chi connectivity index (χ2v) is 9.07. The first kappa shape index (κ1) is 23.1. The first-order valence-electron chi connectivity index (χ1n) is 11.3. The number of aliphatic imine (C=N–C) groups is 1. The molecule has 3 N–H and O–H groups in total. The number of halogens is 1. The van der Waals surface area contributed by atoms with Gasteiger partial charge in [0.1, 0.15) is 24.0 Å². The normalized spacial score (nSPS) is 15.6. The molecule has 5 rings (SSSR count). The highest BCUT2D eigenvalue weighted by atomic mass is 32.1. The molecule has 4 aromatic rings. The first-order valence-corrected chi connectivity index (χ1v) is 12.2. The number of benzene rings is 2. The largest absolute Gasteiger partial charge is 0.489 e. The summed E-state index contributed by atoms with van der Waals surface area (Å²) in [5.74, 6) is 0.956. The number of thiazole rings is 1. The Morgan fingerprint density at radius 3 is 2.89 bits per heavy atom. The summed E-state index contributed by atoms with van der Waals surface area (Å²) in [6, 6.07) is 7.24. The van der Waals surface area contributed by atoms with Gasteiger partial charge in [-0.2, -0.15) is 0 Å². The van der Waals surface area contributed by atoms with E-state index in [2.05, 4.69) is 32.2 Å². The van der Waals surface area contributed by atoms with Gasteiger partial charge >= 0.3 is 0 Å². The maximum absolute atomic E-state index is 15.2. The Labute approximate surface area is 205 Å². The van der Waals surface area contributed by atoms with Gasteiger partial charge in [0.2, 0.25) is 0 Å². The number of nitrogens with two attached hydrogens (primary N) is 1. The topological polar surface area (TPSA) is 108 Å². The fourth-order valence-corrected chi connectivity index (χ4v) is 4.85. The fourth-order valence-electron chi connectivity index (χ4n) is 4.13. The van der Waals surface area contributed by atoms with E-state index in [0.717, 1.165) is 17.6 Å². The lowest BCUT2D eigenvalue weighted by Crippen LogP contribution is -2.40. The molecule has 0 aliphatic carbocycles. The third-order valence-corrected chi connectivity index (χ3v) is 6.88. The van der Waals surface area contributed by atoms with Gasteiger partial charge in [-0.15, -0.1) is 11.3 Å². The number of hydrogen-bond acceptors (Lipinski definition) is 9. The van der Waals surface area contributed by atoms with E-state index in [1.807, 2.05) is 12.1 Å². The quantitative estimate of drug-likeness (QED) is 0.336. The minimum Gasteiger partial charge on any atom is -0.489 e. The molecule has 8 nitrogen and oxygen atoms in total. The van der Waals surface area contributed by atoms with Crippen LogP contribution in [-0.2, 0) is 4.74 Å². The van der Waals surface area contributed by atoms with E-state index in [-0.39, 0.29) is 11.9 Å². The summed E-state index contributed by atoms with van der Waals surface area (Å²) in [7, 11) is 1.68. The Balaban J connectivity index is 1.64. The summed E-state index contributed by atoms with van der Waals surface area (Å²) in [6.45, 7) is 3.40. The molecule has 10 heteroatoms. The molecule has 1 aliphatic heterocycles. The minimum absolute atomic E-state index is 0.0503. The van der Waals surface area contributed by atoms with E-state index in [9.17, 15) is 0 Å². The van der Waals surface area contributed by atoms with Crippen molar-refractivity contribution < 1.29 is 13.9 Å². The molecular weight excluding hydrogens is 467 g/mol. The van der Waals surface area contributed by atoms with Crippen molar-refractivity contribution in [3.8, 4) is 5.75 Å². The second-order valence-electron chi connectivity index (χ2n) is 8.21. The molecule has 3 heterocycles. The predicted molar refractivity (Wildman–Crippen MR) is 138 cm³/mol. The molecule has 2 aromatic carbocycles. The van der Waals surface area contributed by atoms with E-state index >= 15 is 4.39 Å². The molecule has 0 amide bonds. The van der Waals surface area contributed by atoms with Gasteiger partial charge in [-0.3, -0.25) is 4.99 Å². The average Bonchev–Trinajstić information content (AvgIpc) is 3.32. The molecule has 1 saturated heterocycles. The van der Waals surface area contributed by atoms with Crippen LogP contribution in [0.4, 0.5) is 15.9 Å². The molecule has 0 spiro atoms. The number of nitrogens with zero attached hydrogens (tertiary/aromatic N) is 4. The van der Waals surface area contributed by atoms with Crippen molar-refractivity contribution >= 4 is 55.7 Å². The molecule has 1 unspecified atom stereocenters. The number of allylic oxidation sites excluding steroid dienone is 1. The van der Waals surface area contributed by atoms with Crippen LogP contribution < -0.4 is 15.8 Å². The average molecular weight is 493 g/mol. The van der Waals surface area contributed by atoms with Gasteiger partial charge < -0.3 is 20.5 Å². The highest BCUT2D eigenvalue weighted by molar-refractivity contribution is 7.16. The van der Waals surface area contributed by atoms with Gasteiger partial charge in [0, 0.05) is 31.0 Å². The second kappa shape index (κ2) is 9.93. The SMILES string of the molecule is CCC(Oc1cc(/C(C=NC)=C/N)cc2ncnc(Nc3ccc4ncsc4c3F)c12)C1COC1. The molecule has 180 valence electrons. The van der Waals surface area contributed by atoms with Crippen LogP contribution in [0.5, 0.6) is 5.75 Å². The number of rotatable bonds is 8. The Bertz CT molecular complexity index is 1430. The first-order chi connectivity index (χ1) is 17.1. The van der Waals surface area contributed by atoms with Crippen LogP contribution in [0.1, 0.15) is 18.9 Å². The summed E-state index contributed by atoms with van der Waals surface area (Å²) in [6.07, 6.45) is 5.38. The van der Waals surface area contributed by atoms with Crippen molar-refractivity contribution in [2.45, 2.75) is 19.4 Å². The zero-order chi connectivity index (χ0) is 24.4. The molecule has 0 saturated carbocycles. The van der Waals surface area contributed by atoms with E-state index in [1.54, 1.807) is 30.9 Å². The summed E-state index contributed by atoms with van der Waals surface area (Å²) < 4.78 is 27.6. The van der Waals surface area contributed by atoms with Gasteiger partial charge in [0.25, 0.3) is 0 Å². The Hall–Kier alpha value is -3.63. The molecule has 0 bridgehead atoms. The van der Waals surface area contributed by atoms with E-state index < -0.39 is 0 Å². The maximum atomic E-state index is 15.2. The summed E-state index contributed by atoms with van der Waals surface area (Å²) in [5.41, 5.74) is 10.6. The lowest BCUT2D eigenvalue weighted by Gasteiger charge is -2.33. The summed E-state index contributed by atoms with van der Waals surface area (Å²) >= 11 is 1.26. The number of anilines is 2. The smallest absolute Gasteiger partial charge is 0.166 e. The maximum Gasteiger partial charge on any atom is 0.166 e. The molecule has 1 atom stereocenters. The van der Waals surface area contributed by atoms with Crippen LogP contribution >= 0.6 is 11.3 Å². The molecule has 1 aliphatic rings. The number of fused-ring (bicyclic) bond motifs is 2. The van der Waals surface area contributed by atoms with Crippen molar-refractivity contribution in [3.63, 3.8) is 0 Å². The van der Waals surface area contributed by atoms with Crippen molar-refractivity contribution in [1.82, 2.24) is 15.0 Å². The van der Waals surface area contributed by atoms with Gasteiger partial charge in [0.05, 0.1) is 45.5 Å². The Kier molecular flexibility index (Phi) is 6.56.